The fourth-order valence-electron chi connectivity index (χ4n) is 2.81. The normalized spacial score (nSPS) is 19.5. The summed E-state index contributed by atoms with van der Waals surface area (Å²) in [6.07, 6.45) is 8.51. The molecule has 0 aliphatic heterocycles. The molecule has 0 bridgehead atoms. The number of aliphatic hydroxyl groups excluding tert-OH is 1. The first-order valence-electron chi connectivity index (χ1n) is 6.80. The van der Waals surface area contributed by atoms with E-state index >= 15 is 0 Å². The Labute approximate surface area is 126 Å². The van der Waals surface area contributed by atoms with Gasteiger partial charge >= 0.3 is 0 Å². The van der Waals surface area contributed by atoms with Gasteiger partial charge in [0.2, 0.25) is 0 Å². The monoisotopic (exact) mass is 374 g/mol. The lowest BCUT2D eigenvalue weighted by atomic mass is 9.91. The van der Waals surface area contributed by atoms with Gasteiger partial charge in [0.1, 0.15) is 0 Å². The Hall–Kier alpha value is 0.140. The third-order valence-electron chi connectivity index (χ3n) is 3.85. The van der Waals surface area contributed by atoms with Gasteiger partial charge in [0.05, 0.1) is 6.10 Å². The van der Waals surface area contributed by atoms with Crippen molar-refractivity contribution in [3.63, 3.8) is 0 Å². The fraction of sp³-hybridized carbons (Fsp3) is 0.600. The van der Waals surface area contributed by atoms with Crippen molar-refractivity contribution in [2.75, 3.05) is 0 Å². The van der Waals surface area contributed by atoms with Crippen LogP contribution >= 0.6 is 31.9 Å². The Morgan fingerprint density at radius 1 is 1.11 bits per heavy atom. The van der Waals surface area contributed by atoms with E-state index in [0.29, 0.717) is 5.92 Å². The second-order valence-corrected chi connectivity index (χ2v) is 7.04. The quantitative estimate of drug-likeness (QED) is 0.681. The van der Waals surface area contributed by atoms with Gasteiger partial charge in [-0.3, -0.25) is 0 Å². The maximum absolute atomic E-state index is 10.4. The van der Waals surface area contributed by atoms with Crippen molar-refractivity contribution < 1.29 is 5.11 Å². The molecule has 0 heterocycles. The molecule has 0 aromatic heterocycles. The molecule has 1 atom stereocenters. The highest BCUT2D eigenvalue weighted by atomic mass is 79.9. The van der Waals surface area contributed by atoms with Crippen LogP contribution in [-0.4, -0.2) is 5.11 Å². The molecule has 1 aliphatic rings. The third-order valence-corrected chi connectivity index (χ3v) is 5.06. The zero-order chi connectivity index (χ0) is 13.0. The molecule has 1 saturated carbocycles. The molecule has 18 heavy (non-hydrogen) atoms. The number of aliphatic hydroxyl groups is 1. The van der Waals surface area contributed by atoms with E-state index in [1.807, 2.05) is 18.2 Å². The molecule has 1 fully saturated rings. The highest BCUT2D eigenvalue weighted by Gasteiger charge is 2.19. The Kier molecular flexibility index (Phi) is 5.71. The summed E-state index contributed by atoms with van der Waals surface area (Å²) in [5.74, 6) is 0.688. The molecule has 1 aromatic rings. The molecule has 0 spiro atoms. The van der Waals surface area contributed by atoms with Crippen molar-refractivity contribution in [1.29, 1.82) is 0 Å². The van der Waals surface area contributed by atoms with Crippen molar-refractivity contribution in [2.45, 2.75) is 51.0 Å². The second kappa shape index (κ2) is 7.06. The number of benzene rings is 1. The highest BCUT2D eigenvalue weighted by molar-refractivity contribution is 9.11. The summed E-state index contributed by atoms with van der Waals surface area (Å²) in [5, 5.41) is 10.4. The van der Waals surface area contributed by atoms with Crippen LogP contribution in [0.4, 0.5) is 0 Å². The minimum absolute atomic E-state index is 0.347. The van der Waals surface area contributed by atoms with Crippen LogP contribution in [0.25, 0.3) is 0 Å². The van der Waals surface area contributed by atoms with Gasteiger partial charge in [-0.2, -0.15) is 0 Å². The van der Waals surface area contributed by atoms with Crippen molar-refractivity contribution in [3.05, 3.63) is 32.7 Å². The van der Waals surface area contributed by atoms with E-state index in [4.69, 9.17) is 0 Å². The average molecular weight is 376 g/mol. The van der Waals surface area contributed by atoms with Gasteiger partial charge in [0.15, 0.2) is 0 Å². The summed E-state index contributed by atoms with van der Waals surface area (Å²) in [5.41, 5.74) is 1.01. The van der Waals surface area contributed by atoms with E-state index in [0.717, 1.165) is 20.9 Å². The first-order chi connectivity index (χ1) is 8.66. The number of halogens is 2. The highest BCUT2D eigenvalue weighted by Crippen LogP contribution is 2.34. The summed E-state index contributed by atoms with van der Waals surface area (Å²) in [6, 6.07) is 6.01. The summed E-state index contributed by atoms with van der Waals surface area (Å²) in [7, 11) is 0. The van der Waals surface area contributed by atoms with E-state index in [9.17, 15) is 5.11 Å². The van der Waals surface area contributed by atoms with Crippen molar-refractivity contribution >= 4 is 31.9 Å². The van der Waals surface area contributed by atoms with Crippen LogP contribution in [0.1, 0.15) is 56.6 Å². The SMILES string of the molecule is OC(CC1CCCCCC1)c1cc(Br)ccc1Br. The molecule has 2 rings (SSSR count). The van der Waals surface area contributed by atoms with Crippen LogP contribution in [0.2, 0.25) is 0 Å². The van der Waals surface area contributed by atoms with Crippen LogP contribution in [0.3, 0.4) is 0 Å². The topological polar surface area (TPSA) is 20.2 Å². The minimum atomic E-state index is -0.347. The van der Waals surface area contributed by atoms with Crippen LogP contribution in [0, 0.1) is 5.92 Å². The van der Waals surface area contributed by atoms with Crippen LogP contribution < -0.4 is 0 Å². The molecular formula is C15H20Br2O. The Morgan fingerprint density at radius 2 is 1.78 bits per heavy atom. The maximum atomic E-state index is 10.4. The van der Waals surface area contributed by atoms with Crippen LogP contribution in [-0.2, 0) is 0 Å². The molecule has 1 N–H and O–H groups in total. The predicted octanol–water partition coefficient (Wildman–Crippen LogP) is 5.61. The molecular weight excluding hydrogens is 356 g/mol. The molecule has 0 saturated heterocycles. The second-order valence-electron chi connectivity index (χ2n) is 5.27. The first-order valence-corrected chi connectivity index (χ1v) is 8.38. The number of hydrogen-bond donors (Lipinski definition) is 1. The van der Waals surface area contributed by atoms with Crippen molar-refractivity contribution in [2.24, 2.45) is 5.92 Å². The van der Waals surface area contributed by atoms with Crippen LogP contribution in [0.5, 0.6) is 0 Å². The van der Waals surface area contributed by atoms with Gasteiger partial charge in [-0.05, 0) is 36.1 Å². The predicted molar refractivity (Wildman–Crippen MR) is 82.6 cm³/mol. The lowest BCUT2D eigenvalue weighted by Gasteiger charge is -2.20. The van der Waals surface area contributed by atoms with Gasteiger partial charge in [0, 0.05) is 8.95 Å². The standard InChI is InChI=1S/C15H20Br2O/c16-12-7-8-14(17)13(10-12)15(18)9-11-5-3-1-2-4-6-11/h7-8,10-11,15,18H,1-6,9H2. The fourth-order valence-corrected chi connectivity index (χ4v) is 3.70. The molecule has 1 unspecified atom stereocenters. The smallest absolute Gasteiger partial charge is 0.0804 e. The van der Waals surface area contributed by atoms with E-state index < -0.39 is 0 Å². The van der Waals surface area contributed by atoms with Gasteiger partial charge in [-0.1, -0.05) is 70.4 Å². The van der Waals surface area contributed by atoms with Crippen molar-refractivity contribution in [1.82, 2.24) is 0 Å². The molecule has 3 heteroatoms. The Morgan fingerprint density at radius 3 is 2.44 bits per heavy atom. The molecule has 0 radical (unpaired) electrons. The van der Waals surface area contributed by atoms with Gasteiger partial charge in [-0.15, -0.1) is 0 Å². The van der Waals surface area contributed by atoms with Gasteiger partial charge in [0.25, 0.3) is 0 Å². The van der Waals surface area contributed by atoms with Crippen LogP contribution in [0.15, 0.2) is 27.1 Å². The Bertz CT molecular complexity index is 384. The molecule has 100 valence electrons. The lowest BCUT2D eigenvalue weighted by molar-refractivity contribution is 0.138. The third kappa shape index (κ3) is 4.07. The van der Waals surface area contributed by atoms with Gasteiger partial charge < -0.3 is 5.11 Å². The Balaban J connectivity index is 2.01. The number of rotatable bonds is 3. The summed E-state index contributed by atoms with van der Waals surface area (Å²) < 4.78 is 2.03. The average Bonchev–Trinajstić information content (AvgIpc) is 2.61. The zero-order valence-electron chi connectivity index (χ0n) is 10.5. The van der Waals surface area contributed by atoms with Crippen molar-refractivity contribution in [3.8, 4) is 0 Å². The lowest BCUT2D eigenvalue weighted by Crippen LogP contribution is -2.07. The molecule has 1 nitrogen and oxygen atoms in total. The summed E-state index contributed by atoms with van der Waals surface area (Å²) in [4.78, 5) is 0. The molecule has 1 aromatic carbocycles. The first kappa shape index (κ1) is 14.5. The zero-order valence-corrected chi connectivity index (χ0v) is 13.7. The molecule has 0 amide bonds. The summed E-state index contributed by atoms with van der Waals surface area (Å²) in [6.45, 7) is 0. The largest absolute Gasteiger partial charge is 0.388 e. The van der Waals surface area contributed by atoms with E-state index in [1.165, 1.54) is 38.5 Å². The number of hydrogen-bond acceptors (Lipinski definition) is 1. The van der Waals surface area contributed by atoms with E-state index in [2.05, 4.69) is 31.9 Å². The molecule has 1 aliphatic carbocycles. The van der Waals surface area contributed by atoms with E-state index in [-0.39, 0.29) is 6.10 Å². The summed E-state index contributed by atoms with van der Waals surface area (Å²) >= 11 is 7.00. The minimum Gasteiger partial charge on any atom is -0.388 e. The van der Waals surface area contributed by atoms with E-state index in [1.54, 1.807) is 0 Å². The maximum Gasteiger partial charge on any atom is 0.0804 e. The van der Waals surface area contributed by atoms with Gasteiger partial charge in [-0.25, -0.2) is 0 Å².